The molecule has 0 aliphatic rings. The molecule has 0 aliphatic heterocycles. The molecular weight excluding hydrogens is 244 g/mol. The van der Waals surface area contributed by atoms with Crippen LogP contribution in [0.15, 0.2) is 4.52 Å². The van der Waals surface area contributed by atoms with Crippen molar-refractivity contribution in [1.29, 1.82) is 0 Å². The molecule has 0 fully saturated rings. The summed E-state index contributed by atoms with van der Waals surface area (Å²) in [5, 5.41) is 9.84. The Kier molecular flexibility index (Phi) is 6.49. The fourth-order valence-electron chi connectivity index (χ4n) is 1.80. The van der Waals surface area contributed by atoms with Crippen LogP contribution in [0.5, 0.6) is 0 Å². The summed E-state index contributed by atoms with van der Waals surface area (Å²) in [5.41, 5.74) is 0. The maximum Gasteiger partial charge on any atom is 0.237 e. The van der Waals surface area contributed by atoms with Crippen LogP contribution in [-0.4, -0.2) is 34.7 Å². The second kappa shape index (κ2) is 7.89. The van der Waals surface area contributed by atoms with Crippen molar-refractivity contribution in [2.24, 2.45) is 0 Å². The van der Waals surface area contributed by atoms with E-state index in [1.54, 1.807) is 6.92 Å². The van der Waals surface area contributed by atoms with E-state index in [0.717, 1.165) is 12.8 Å². The number of aryl methyl sites for hydroxylation is 1. The molecule has 0 saturated heterocycles. The molecule has 2 unspecified atom stereocenters. The number of hydrogen-bond acceptors (Lipinski definition) is 5. The quantitative estimate of drug-likeness (QED) is 0.740. The van der Waals surface area contributed by atoms with Gasteiger partial charge in [0, 0.05) is 19.0 Å². The number of nitrogens with one attached hydrogen (secondary N) is 2. The van der Waals surface area contributed by atoms with Crippen molar-refractivity contribution in [3.8, 4) is 0 Å². The van der Waals surface area contributed by atoms with Gasteiger partial charge in [0.1, 0.15) is 0 Å². The van der Waals surface area contributed by atoms with Gasteiger partial charge in [-0.05, 0) is 27.2 Å². The molecule has 0 aromatic carbocycles. The minimum atomic E-state index is -0.219. The summed E-state index contributed by atoms with van der Waals surface area (Å²) in [6.07, 6.45) is 2.70. The third-order valence-corrected chi connectivity index (χ3v) is 2.86. The van der Waals surface area contributed by atoms with Crippen molar-refractivity contribution in [3.05, 3.63) is 11.7 Å². The summed E-state index contributed by atoms with van der Waals surface area (Å²) in [4.78, 5) is 16.0. The number of rotatable bonds is 8. The zero-order valence-corrected chi connectivity index (χ0v) is 12.2. The van der Waals surface area contributed by atoms with E-state index in [4.69, 9.17) is 4.52 Å². The SMILES string of the molecule is CCCC(C)NC(=O)C(C)NCCc1nc(C)no1. The maximum atomic E-state index is 11.8. The molecule has 0 spiro atoms. The highest BCUT2D eigenvalue weighted by Gasteiger charge is 2.14. The highest BCUT2D eigenvalue weighted by atomic mass is 16.5. The predicted molar refractivity (Wildman–Crippen MR) is 72.7 cm³/mol. The van der Waals surface area contributed by atoms with E-state index in [1.807, 2.05) is 13.8 Å². The summed E-state index contributed by atoms with van der Waals surface area (Å²) < 4.78 is 5.00. The summed E-state index contributed by atoms with van der Waals surface area (Å²) in [6.45, 7) is 8.41. The molecule has 1 rings (SSSR count). The Morgan fingerprint density at radius 1 is 1.42 bits per heavy atom. The molecule has 108 valence electrons. The Morgan fingerprint density at radius 3 is 2.74 bits per heavy atom. The van der Waals surface area contributed by atoms with Crippen LogP contribution in [0.1, 0.15) is 45.3 Å². The van der Waals surface area contributed by atoms with E-state index >= 15 is 0 Å². The third-order valence-electron chi connectivity index (χ3n) is 2.86. The molecular formula is C13H24N4O2. The summed E-state index contributed by atoms with van der Waals surface area (Å²) in [7, 11) is 0. The Morgan fingerprint density at radius 2 is 2.16 bits per heavy atom. The first kappa shape index (κ1) is 15.6. The lowest BCUT2D eigenvalue weighted by Crippen LogP contribution is -2.45. The minimum absolute atomic E-state index is 0.0302. The van der Waals surface area contributed by atoms with Crippen molar-refractivity contribution in [1.82, 2.24) is 20.8 Å². The lowest BCUT2D eigenvalue weighted by atomic mass is 10.2. The van der Waals surface area contributed by atoms with E-state index in [2.05, 4.69) is 27.7 Å². The predicted octanol–water partition coefficient (Wildman–Crippen LogP) is 1.20. The monoisotopic (exact) mass is 268 g/mol. The number of amides is 1. The molecule has 6 heteroatoms. The second-order valence-electron chi connectivity index (χ2n) is 4.86. The first-order valence-electron chi connectivity index (χ1n) is 6.85. The van der Waals surface area contributed by atoms with E-state index in [-0.39, 0.29) is 18.0 Å². The summed E-state index contributed by atoms with van der Waals surface area (Å²) >= 11 is 0. The number of aromatic nitrogens is 2. The highest BCUT2D eigenvalue weighted by Crippen LogP contribution is 1.97. The molecule has 6 nitrogen and oxygen atoms in total. The zero-order chi connectivity index (χ0) is 14.3. The Hall–Kier alpha value is -1.43. The van der Waals surface area contributed by atoms with Gasteiger partial charge in [-0.15, -0.1) is 0 Å². The van der Waals surface area contributed by atoms with Gasteiger partial charge < -0.3 is 15.2 Å². The van der Waals surface area contributed by atoms with Gasteiger partial charge in [0.15, 0.2) is 5.82 Å². The number of carbonyl (C=O) groups excluding carboxylic acids is 1. The van der Waals surface area contributed by atoms with Gasteiger partial charge in [0.05, 0.1) is 6.04 Å². The topological polar surface area (TPSA) is 80.0 Å². The lowest BCUT2D eigenvalue weighted by molar-refractivity contribution is -0.123. The van der Waals surface area contributed by atoms with E-state index in [1.165, 1.54) is 0 Å². The Labute approximate surface area is 114 Å². The van der Waals surface area contributed by atoms with Crippen molar-refractivity contribution in [2.75, 3.05) is 6.54 Å². The minimum Gasteiger partial charge on any atom is -0.352 e. The smallest absolute Gasteiger partial charge is 0.237 e. The fraction of sp³-hybridized carbons (Fsp3) is 0.769. The molecule has 1 aromatic rings. The van der Waals surface area contributed by atoms with Gasteiger partial charge >= 0.3 is 0 Å². The number of hydrogen-bond donors (Lipinski definition) is 2. The average Bonchev–Trinajstić information content (AvgIpc) is 2.75. The summed E-state index contributed by atoms with van der Waals surface area (Å²) in [6, 6.07) is 0.00339. The van der Waals surface area contributed by atoms with Crippen LogP contribution >= 0.6 is 0 Å². The van der Waals surface area contributed by atoms with Gasteiger partial charge in [0.2, 0.25) is 11.8 Å². The van der Waals surface area contributed by atoms with Gasteiger partial charge in [-0.3, -0.25) is 4.79 Å². The molecule has 1 amide bonds. The van der Waals surface area contributed by atoms with Crippen LogP contribution in [0.3, 0.4) is 0 Å². The van der Waals surface area contributed by atoms with E-state index in [0.29, 0.717) is 24.7 Å². The van der Waals surface area contributed by atoms with Crippen molar-refractivity contribution >= 4 is 5.91 Å². The second-order valence-corrected chi connectivity index (χ2v) is 4.86. The number of carbonyl (C=O) groups is 1. The van der Waals surface area contributed by atoms with Crippen molar-refractivity contribution in [3.63, 3.8) is 0 Å². The van der Waals surface area contributed by atoms with Crippen LogP contribution in [0.4, 0.5) is 0 Å². The van der Waals surface area contributed by atoms with Crippen LogP contribution in [0.2, 0.25) is 0 Å². The average molecular weight is 268 g/mol. The highest BCUT2D eigenvalue weighted by molar-refractivity contribution is 5.81. The first-order chi connectivity index (χ1) is 9.02. The van der Waals surface area contributed by atoms with Crippen molar-refractivity contribution < 1.29 is 9.32 Å². The van der Waals surface area contributed by atoms with Crippen LogP contribution in [0.25, 0.3) is 0 Å². The molecule has 1 heterocycles. The molecule has 1 aromatic heterocycles. The molecule has 19 heavy (non-hydrogen) atoms. The zero-order valence-electron chi connectivity index (χ0n) is 12.2. The Balaban J connectivity index is 2.23. The van der Waals surface area contributed by atoms with Gasteiger partial charge in [-0.1, -0.05) is 18.5 Å². The standard InChI is InChI=1S/C13H24N4O2/c1-5-6-9(2)15-13(18)10(3)14-8-7-12-16-11(4)17-19-12/h9-10,14H,5-8H2,1-4H3,(H,15,18). The van der Waals surface area contributed by atoms with Crippen LogP contribution in [-0.2, 0) is 11.2 Å². The largest absolute Gasteiger partial charge is 0.352 e. The molecule has 0 radical (unpaired) electrons. The van der Waals surface area contributed by atoms with E-state index < -0.39 is 0 Å². The van der Waals surface area contributed by atoms with Gasteiger partial charge in [0.25, 0.3) is 0 Å². The maximum absolute atomic E-state index is 11.8. The van der Waals surface area contributed by atoms with Gasteiger partial charge in [-0.2, -0.15) is 4.98 Å². The summed E-state index contributed by atoms with van der Waals surface area (Å²) in [5.74, 6) is 1.26. The molecule has 2 atom stereocenters. The van der Waals surface area contributed by atoms with Crippen LogP contribution in [0, 0.1) is 6.92 Å². The van der Waals surface area contributed by atoms with E-state index in [9.17, 15) is 4.79 Å². The lowest BCUT2D eigenvalue weighted by Gasteiger charge is -2.17. The van der Waals surface area contributed by atoms with Crippen molar-refractivity contribution in [2.45, 2.75) is 59.0 Å². The van der Waals surface area contributed by atoms with Crippen LogP contribution < -0.4 is 10.6 Å². The number of nitrogens with zero attached hydrogens (tertiary/aromatic N) is 2. The molecule has 2 N–H and O–H groups in total. The molecule has 0 aliphatic carbocycles. The molecule has 0 bridgehead atoms. The van der Waals surface area contributed by atoms with Gasteiger partial charge in [-0.25, -0.2) is 0 Å². The Bertz CT molecular complexity index is 392. The fourth-order valence-corrected chi connectivity index (χ4v) is 1.80. The first-order valence-corrected chi connectivity index (χ1v) is 6.85. The molecule has 0 saturated carbocycles. The normalized spacial score (nSPS) is 14.1. The third kappa shape index (κ3) is 5.83.